The van der Waals surface area contributed by atoms with Crippen LogP contribution in [-0.2, 0) is 19.1 Å². The number of carbonyl (C=O) groups excluding carboxylic acids is 2. The Morgan fingerprint density at radius 1 is 1.17 bits per heavy atom. The van der Waals surface area contributed by atoms with Crippen LogP contribution in [0.25, 0.3) is 0 Å². The van der Waals surface area contributed by atoms with E-state index in [2.05, 4.69) is 4.74 Å². The third kappa shape index (κ3) is 9.09. The molecular formula is C12H22O6. The van der Waals surface area contributed by atoms with Gasteiger partial charge in [-0.1, -0.05) is 6.92 Å². The van der Waals surface area contributed by atoms with E-state index >= 15 is 0 Å². The van der Waals surface area contributed by atoms with Crippen LogP contribution in [0.3, 0.4) is 0 Å². The van der Waals surface area contributed by atoms with Crippen molar-refractivity contribution in [1.82, 2.24) is 0 Å². The van der Waals surface area contributed by atoms with Gasteiger partial charge < -0.3 is 19.7 Å². The van der Waals surface area contributed by atoms with E-state index in [-0.39, 0.29) is 25.4 Å². The highest BCUT2D eigenvalue weighted by Crippen LogP contribution is 2.02. The maximum atomic E-state index is 11.0. The smallest absolute Gasteiger partial charge is 0.308 e. The van der Waals surface area contributed by atoms with E-state index in [1.807, 2.05) is 0 Å². The number of hydrogen-bond acceptors (Lipinski definition) is 6. The monoisotopic (exact) mass is 262 g/mol. The average Bonchev–Trinajstić information content (AvgIpc) is 2.35. The minimum atomic E-state index is -0.943. The van der Waals surface area contributed by atoms with Crippen molar-refractivity contribution in [3.8, 4) is 0 Å². The highest BCUT2D eigenvalue weighted by Gasteiger charge is 2.13. The molecule has 6 heteroatoms. The predicted molar refractivity (Wildman–Crippen MR) is 64.0 cm³/mol. The average molecular weight is 262 g/mol. The summed E-state index contributed by atoms with van der Waals surface area (Å²) in [5, 5.41) is 18.8. The maximum Gasteiger partial charge on any atom is 0.308 e. The highest BCUT2D eigenvalue weighted by atomic mass is 16.5. The van der Waals surface area contributed by atoms with Gasteiger partial charge >= 0.3 is 5.97 Å². The van der Waals surface area contributed by atoms with E-state index < -0.39 is 18.2 Å². The number of hydrogen-bond donors (Lipinski definition) is 2. The van der Waals surface area contributed by atoms with E-state index in [4.69, 9.17) is 4.74 Å². The van der Waals surface area contributed by atoms with E-state index in [0.29, 0.717) is 19.3 Å². The van der Waals surface area contributed by atoms with Crippen molar-refractivity contribution in [2.45, 2.75) is 44.8 Å². The third-order valence-corrected chi connectivity index (χ3v) is 2.40. The Bertz CT molecular complexity index is 253. The molecule has 18 heavy (non-hydrogen) atoms. The van der Waals surface area contributed by atoms with Gasteiger partial charge in [0.1, 0.15) is 5.78 Å². The summed E-state index contributed by atoms with van der Waals surface area (Å²) in [7, 11) is 1.24. The summed E-state index contributed by atoms with van der Waals surface area (Å²) in [5.74, 6) is -0.417. The molecule has 106 valence electrons. The second-order valence-electron chi connectivity index (χ2n) is 4.06. The van der Waals surface area contributed by atoms with Crippen molar-refractivity contribution in [3.05, 3.63) is 0 Å². The minimum Gasteiger partial charge on any atom is -0.469 e. The third-order valence-electron chi connectivity index (χ3n) is 2.40. The van der Waals surface area contributed by atoms with Gasteiger partial charge in [-0.2, -0.15) is 0 Å². The van der Waals surface area contributed by atoms with Gasteiger partial charge in [-0.25, -0.2) is 0 Å². The fraction of sp³-hybridized carbons (Fsp3) is 0.833. The fourth-order valence-electron chi connectivity index (χ4n) is 1.26. The quantitative estimate of drug-likeness (QED) is 0.540. The molecule has 0 spiro atoms. The van der Waals surface area contributed by atoms with Crippen LogP contribution >= 0.6 is 0 Å². The van der Waals surface area contributed by atoms with Gasteiger partial charge in [-0.3, -0.25) is 9.59 Å². The lowest BCUT2D eigenvalue weighted by Gasteiger charge is -2.13. The number of rotatable bonds is 10. The van der Waals surface area contributed by atoms with Gasteiger partial charge in [0.15, 0.2) is 0 Å². The van der Waals surface area contributed by atoms with Gasteiger partial charge in [-0.15, -0.1) is 0 Å². The van der Waals surface area contributed by atoms with Crippen LogP contribution in [0.5, 0.6) is 0 Å². The molecule has 0 saturated carbocycles. The lowest BCUT2D eigenvalue weighted by molar-refractivity contribution is -0.144. The van der Waals surface area contributed by atoms with Gasteiger partial charge in [0.2, 0.25) is 0 Å². The first kappa shape index (κ1) is 17.0. The Labute approximate surface area is 107 Å². The standard InChI is InChI=1S/C12H22O6/c1-3-9(13)4-5-10(14)7-18-8-11(15)6-12(16)17-2/h10-11,14-15H,3-8H2,1-2H3. The Morgan fingerprint density at radius 2 is 1.78 bits per heavy atom. The molecule has 0 aliphatic rings. The van der Waals surface area contributed by atoms with Crippen LogP contribution in [0.2, 0.25) is 0 Å². The van der Waals surface area contributed by atoms with Crippen LogP contribution in [0.15, 0.2) is 0 Å². The lowest BCUT2D eigenvalue weighted by Crippen LogP contribution is -2.24. The summed E-state index contributed by atoms with van der Waals surface area (Å²) in [6.07, 6.45) is -0.676. The molecule has 0 heterocycles. The second kappa shape index (κ2) is 9.99. The van der Waals surface area contributed by atoms with Crippen molar-refractivity contribution in [1.29, 1.82) is 0 Å². The Balaban J connectivity index is 3.58. The minimum absolute atomic E-state index is 0.0369. The first-order valence-corrected chi connectivity index (χ1v) is 6.02. The number of aliphatic hydroxyl groups is 2. The Kier molecular flexibility index (Phi) is 9.45. The zero-order valence-corrected chi connectivity index (χ0v) is 10.9. The highest BCUT2D eigenvalue weighted by molar-refractivity contribution is 5.77. The van der Waals surface area contributed by atoms with Crippen molar-refractivity contribution in [3.63, 3.8) is 0 Å². The molecule has 2 N–H and O–H groups in total. The molecule has 0 aromatic carbocycles. The molecule has 0 aromatic rings. The largest absolute Gasteiger partial charge is 0.469 e. The van der Waals surface area contributed by atoms with E-state index in [1.165, 1.54) is 7.11 Å². The van der Waals surface area contributed by atoms with E-state index in [1.54, 1.807) is 6.92 Å². The molecule has 0 saturated heterocycles. The molecule has 0 radical (unpaired) electrons. The van der Waals surface area contributed by atoms with Crippen LogP contribution in [0.4, 0.5) is 0 Å². The number of ketones is 1. The molecule has 0 aliphatic heterocycles. The first-order chi connectivity index (χ1) is 8.49. The summed E-state index contributed by atoms with van der Waals surface area (Å²) in [4.78, 5) is 21.8. The number of esters is 1. The first-order valence-electron chi connectivity index (χ1n) is 6.02. The zero-order chi connectivity index (χ0) is 14.0. The fourth-order valence-corrected chi connectivity index (χ4v) is 1.26. The molecule has 2 atom stereocenters. The molecule has 0 bridgehead atoms. The number of Topliss-reactive ketones (excluding diaryl/α,β-unsaturated/α-hetero) is 1. The topological polar surface area (TPSA) is 93.1 Å². The molecule has 2 unspecified atom stereocenters. The molecule has 0 aliphatic carbocycles. The van der Waals surface area contributed by atoms with Gasteiger partial charge in [0.05, 0.1) is 39.0 Å². The van der Waals surface area contributed by atoms with Crippen LogP contribution in [-0.4, -0.2) is 54.5 Å². The number of aliphatic hydroxyl groups excluding tert-OH is 2. The van der Waals surface area contributed by atoms with E-state index in [0.717, 1.165) is 0 Å². The summed E-state index contributed by atoms with van der Waals surface area (Å²) in [5.41, 5.74) is 0. The number of ether oxygens (including phenoxy) is 2. The summed E-state index contributed by atoms with van der Waals surface area (Å²) in [6, 6.07) is 0. The second-order valence-corrected chi connectivity index (χ2v) is 4.06. The zero-order valence-electron chi connectivity index (χ0n) is 10.9. The summed E-state index contributed by atoms with van der Waals surface area (Å²) >= 11 is 0. The lowest BCUT2D eigenvalue weighted by atomic mass is 10.1. The molecule has 0 rings (SSSR count). The maximum absolute atomic E-state index is 11.0. The van der Waals surface area contributed by atoms with Gasteiger partial charge in [-0.05, 0) is 6.42 Å². The predicted octanol–water partition coefficient (Wildman–Crippen LogP) is 0.0472. The molecule has 6 nitrogen and oxygen atoms in total. The molecular weight excluding hydrogens is 240 g/mol. The summed E-state index contributed by atoms with van der Waals surface area (Å²) < 4.78 is 9.43. The van der Waals surface area contributed by atoms with Crippen molar-refractivity contribution in [2.24, 2.45) is 0 Å². The van der Waals surface area contributed by atoms with Crippen molar-refractivity contribution >= 4 is 11.8 Å². The van der Waals surface area contributed by atoms with Crippen molar-refractivity contribution < 1.29 is 29.3 Å². The van der Waals surface area contributed by atoms with Crippen LogP contribution < -0.4 is 0 Å². The molecule has 0 fully saturated rings. The van der Waals surface area contributed by atoms with Crippen LogP contribution in [0.1, 0.15) is 32.6 Å². The molecule has 0 amide bonds. The normalized spacial score (nSPS) is 14.0. The number of methoxy groups -OCH3 is 1. The van der Waals surface area contributed by atoms with Crippen LogP contribution in [0, 0.1) is 0 Å². The van der Waals surface area contributed by atoms with Gasteiger partial charge in [0, 0.05) is 12.8 Å². The van der Waals surface area contributed by atoms with Crippen molar-refractivity contribution in [2.75, 3.05) is 20.3 Å². The summed E-state index contributed by atoms with van der Waals surface area (Å²) in [6.45, 7) is 1.76. The Morgan fingerprint density at radius 3 is 2.33 bits per heavy atom. The SMILES string of the molecule is CCC(=O)CCC(O)COCC(O)CC(=O)OC. The van der Waals surface area contributed by atoms with E-state index in [9.17, 15) is 19.8 Å². The number of carbonyl (C=O) groups is 2. The van der Waals surface area contributed by atoms with Gasteiger partial charge in [0.25, 0.3) is 0 Å². The molecule has 0 aromatic heterocycles. The Hall–Kier alpha value is -0.980.